The normalized spacial score (nSPS) is 11.4. The van der Waals surface area contributed by atoms with Gasteiger partial charge in [-0.2, -0.15) is 15.0 Å². The highest BCUT2D eigenvalue weighted by atomic mass is 32.1. The second-order valence-electron chi connectivity index (χ2n) is 5.37. The Morgan fingerprint density at radius 3 is 2.20 bits per heavy atom. The van der Waals surface area contributed by atoms with Crippen molar-refractivity contribution >= 4 is 36.9 Å². The van der Waals surface area contributed by atoms with E-state index in [0.717, 1.165) is 11.3 Å². The van der Waals surface area contributed by atoms with Gasteiger partial charge in [-0.15, -0.1) is 25.3 Å². The van der Waals surface area contributed by atoms with E-state index in [1.807, 2.05) is 26.8 Å². The first-order valence-electron chi connectivity index (χ1n) is 6.00. The molecular weight excluding hydrogens is 292 g/mol. The minimum atomic E-state index is -0.162. The molecule has 0 fully saturated rings. The number of aromatic hydroxyl groups is 1. The highest BCUT2D eigenvalue weighted by Crippen LogP contribution is 2.33. The minimum Gasteiger partial charge on any atom is -0.508 e. The van der Waals surface area contributed by atoms with Crippen LogP contribution in [0.5, 0.6) is 5.75 Å². The summed E-state index contributed by atoms with van der Waals surface area (Å²) in [6.07, 6.45) is 0. The van der Waals surface area contributed by atoms with Gasteiger partial charge in [0.1, 0.15) is 5.75 Å². The first-order chi connectivity index (χ1) is 9.25. The Morgan fingerprint density at radius 2 is 1.65 bits per heavy atom. The lowest BCUT2D eigenvalue weighted by molar-refractivity contribution is 0.447. The number of phenolic OH excluding ortho intramolecular Hbond substituents is 1. The molecule has 5 nitrogen and oxygen atoms in total. The zero-order valence-corrected chi connectivity index (χ0v) is 13.2. The van der Waals surface area contributed by atoms with E-state index in [2.05, 4.69) is 45.5 Å². The third kappa shape index (κ3) is 3.55. The highest BCUT2D eigenvalue weighted by Gasteiger charge is 2.18. The monoisotopic (exact) mass is 308 g/mol. The summed E-state index contributed by atoms with van der Waals surface area (Å²) in [6.45, 7) is 6.10. The fourth-order valence-corrected chi connectivity index (χ4v) is 2.21. The molecule has 1 aromatic heterocycles. The lowest BCUT2D eigenvalue weighted by Gasteiger charge is -2.21. The molecule has 0 saturated carbocycles. The number of rotatable bonds is 2. The predicted octanol–water partition coefficient (Wildman–Crippen LogP) is 3.20. The van der Waals surface area contributed by atoms with Crippen molar-refractivity contribution in [3.63, 3.8) is 0 Å². The number of hydrogen-bond donors (Lipinski definition) is 4. The fourth-order valence-electron chi connectivity index (χ4n) is 1.75. The maximum absolute atomic E-state index is 9.93. The lowest BCUT2D eigenvalue weighted by atomic mass is 9.86. The van der Waals surface area contributed by atoms with Crippen LogP contribution in [0.2, 0.25) is 0 Å². The molecule has 0 aliphatic carbocycles. The SMILES string of the molecule is CC(C)(C)c1cc(Nc2nc(S)nc(S)n2)ccc1O. The molecule has 0 aliphatic heterocycles. The summed E-state index contributed by atoms with van der Waals surface area (Å²) in [5.41, 5.74) is 1.46. The van der Waals surface area contributed by atoms with Gasteiger partial charge < -0.3 is 10.4 Å². The number of hydrogen-bond acceptors (Lipinski definition) is 7. The van der Waals surface area contributed by atoms with Gasteiger partial charge in [-0.3, -0.25) is 0 Å². The molecule has 106 valence electrons. The van der Waals surface area contributed by atoms with Crippen molar-refractivity contribution in [2.24, 2.45) is 0 Å². The summed E-state index contributed by atoms with van der Waals surface area (Å²) in [4.78, 5) is 12.0. The maximum Gasteiger partial charge on any atom is 0.232 e. The van der Waals surface area contributed by atoms with Crippen LogP contribution in [0, 0.1) is 0 Å². The Kier molecular flexibility index (Phi) is 4.10. The maximum atomic E-state index is 9.93. The van der Waals surface area contributed by atoms with Crippen molar-refractivity contribution in [1.82, 2.24) is 15.0 Å². The topological polar surface area (TPSA) is 70.9 Å². The molecule has 0 spiro atoms. The molecule has 0 bridgehead atoms. The Labute approximate surface area is 128 Å². The third-order valence-electron chi connectivity index (χ3n) is 2.67. The summed E-state index contributed by atoms with van der Waals surface area (Å²) >= 11 is 8.16. The van der Waals surface area contributed by atoms with Crippen LogP contribution < -0.4 is 5.32 Å². The van der Waals surface area contributed by atoms with Gasteiger partial charge in [0, 0.05) is 11.3 Å². The van der Waals surface area contributed by atoms with Crippen molar-refractivity contribution in [2.45, 2.75) is 36.5 Å². The van der Waals surface area contributed by atoms with Crippen molar-refractivity contribution < 1.29 is 5.11 Å². The first kappa shape index (κ1) is 14.9. The highest BCUT2D eigenvalue weighted by molar-refractivity contribution is 7.80. The Hall–Kier alpha value is -1.47. The first-order valence-corrected chi connectivity index (χ1v) is 6.89. The molecule has 2 rings (SSSR count). The van der Waals surface area contributed by atoms with E-state index in [-0.39, 0.29) is 11.2 Å². The van der Waals surface area contributed by atoms with E-state index in [0.29, 0.717) is 16.3 Å². The third-order valence-corrected chi connectivity index (χ3v) is 3.07. The van der Waals surface area contributed by atoms with E-state index in [9.17, 15) is 5.11 Å². The van der Waals surface area contributed by atoms with Crippen LogP contribution >= 0.6 is 25.3 Å². The molecule has 0 unspecified atom stereocenters. The quantitative estimate of drug-likeness (QED) is 0.507. The average molecular weight is 308 g/mol. The van der Waals surface area contributed by atoms with Gasteiger partial charge in [0.15, 0.2) is 10.3 Å². The molecule has 0 saturated heterocycles. The van der Waals surface area contributed by atoms with Crippen LogP contribution in [0.25, 0.3) is 0 Å². The molecule has 0 amide bonds. The number of anilines is 2. The average Bonchev–Trinajstić information content (AvgIpc) is 2.29. The van der Waals surface area contributed by atoms with Crippen molar-refractivity contribution in [2.75, 3.05) is 5.32 Å². The molecule has 20 heavy (non-hydrogen) atoms. The van der Waals surface area contributed by atoms with Crippen LogP contribution in [0.3, 0.4) is 0 Å². The van der Waals surface area contributed by atoms with Gasteiger partial charge in [-0.05, 0) is 23.6 Å². The van der Waals surface area contributed by atoms with Crippen LogP contribution in [0.1, 0.15) is 26.3 Å². The van der Waals surface area contributed by atoms with Gasteiger partial charge >= 0.3 is 0 Å². The number of thiol groups is 2. The van der Waals surface area contributed by atoms with E-state index in [4.69, 9.17) is 0 Å². The number of nitrogens with one attached hydrogen (secondary N) is 1. The van der Waals surface area contributed by atoms with Gasteiger partial charge in [0.25, 0.3) is 0 Å². The summed E-state index contributed by atoms with van der Waals surface area (Å²) in [7, 11) is 0. The standard InChI is InChI=1S/C13H16N4OS2/c1-13(2,3)8-6-7(4-5-9(8)18)14-10-15-11(19)17-12(20)16-10/h4-6,18H,1-3H3,(H3,14,15,16,17,19,20). The largest absolute Gasteiger partial charge is 0.508 e. The van der Waals surface area contributed by atoms with E-state index in [1.165, 1.54) is 0 Å². The molecule has 0 atom stereocenters. The second kappa shape index (κ2) is 5.49. The van der Waals surface area contributed by atoms with Crippen LogP contribution in [0.4, 0.5) is 11.6 Å². The van der Waals surface area contributed by atoms with E-state index >= 15 is 0 Å². The number of aromatic nitrogens is 3. The van der Waals surface area contributed by atoms with Crippen molar-refractivity contribution in [1.29, 1.82) is 0 Å². The minimum absolute atomic E-state index is 0.162. The van der Waals surface area contributed by atoms with E-state index in [1.54, 1.807) is 12.1 Å². The van der Waals surface area contributed by atoms with Gasteiger partial charge in [0.05, 0.1) is 0 Å². The van der Waals surface area contributed by atoms with Crippen LogP contribution in [0.15, 0.2) is 28.5 Å². The molecule has 2 N–H and O–H groups in total. The molecule has 0 radical (unpaired) electrons. The molecule has 1 heterocycles. The second-order valence-corrected chi connectivity index (χ2v) is 6.17. The summed E-state index contributed by atoms with van der Waals surface area (Å²) in [5.74, 6) is 0.629. The van der Waals surface area contributed by atoms with Crippen LogP contribution in [-0.4, -0.2) is 20.1 Å². The zero-order valence-electron chi connectivity index (χ0n) is 11.4. The molecule has 1 aromatic carbocycles. The van der Waals surface area contributed by atoms with E-state index < -0.39 is 0 Å². The van der Waals surface area contributed by atoms with Crippen molar-refractivity contribution in [3.05, 3.63) is 23.8 Å². The summed E-state index contributed by atoms with van der Waals surface area (Å²) in [5, 5.41) is 13.6. The van der Waals surface area contributed by atoms with Crippen LogP contribution in [-0.2, 0) is 5.41 Å². The Bertz CT molecular complexity index is 621. The number of phenols is 1. The van der Waals surface area contributed by atoms with Gasteiger partial charge in [-0.25, -0.2) is 0 Å². The molecular formula is C13H16N4OS2. The van der Waals surface area contributed by atoms with Crippen molar-refractivity contribution in [3.8, 4) is 5.75 Å². The van der Waals surface area contributed by atoms with Gasteiger partial charge in [0.2, 0.25) is 5.95 Å². The zero-order chi connectivity index (χ0) is 14.9. The molecule has 7 heteroatoms. The van der Waals surface area contributed by atoms with Gasteiger partial charge in [-0.1, -0.05) is 20.8 Å². The Balaban J connectivity index is 2.35. The molecule has 2 aromatic rings. The number of benzene rings is 1. The summed E-state index contributed by atoms with van der Waals surface area (Å²) < 4.78 is 0. The smallest absolute Gasteiger partial charge is 0.232 e. The lowest BCUT2D eigenvalue weighted by Crippen LogP contribution is -2.12. The molecule has 0 aliphatic rings. The fraction of sp³-hybridized carbons (Fsp3) is 0.308. The Morgan fingerprint density at radius 1 is 1.05 bits per heavy atom. The number of nitrogens with zero attached hydrogens (tertiary/aromatic N) is 3. The summed E-state index contributed by atoms with van der Waals surface area (Å²) in [6, 6.07) is 5.27. The predicted molar refractivity (Wildman–Crippen MR) is 84.4 cm³/mol.